The number of halogens is 1. The summed E-state index contributed by atoms with van der Waals surface area (Å²) < 4.78 is 4.87. The van der Waals surface area contributed by atoms with Gasteiger partial charge in [0.1, 0.15) is 6.61 Å². The normalized spacial score (nSPS) is 20.0. The van der Waals surface area contributed by atoms with Crippen LogP contribution in [0.3, 0.4) is 0 Å². The van der Waals surface area contributed by atoms with Crippen LogP contribution in [0.5, 0.6) is 0 Å². The summed E-state index contributed by atoms with van der Waals surface area (Å²) in [6, 6.07) is 6.99. The SMILES string of the molecule is O=C1OCC(CO)N1Cc1ccc(Cl)cc1. The fourth-order valence-corrected chi connectivity index (χ4v) is 1.75. The maximum atomic E-state index is 11.4. The van der Waals surface area contributed by atoms with E-state index in [2.05, 4.69) is 0 Å². The van der Waals surface area contributed by atoms with Gasteiger partial charge in [-0.25, -0.2) is 4.79 Å². The van der Waals surface area contributed by atoms with Crippen LogP contribution in [-0.4, -0.2) is 35.4 Å². The van der Waals surface area contributed by atoms with Crippen molar-refractivity contribution in [3.8, 4) is 0 Å². The zero-order valence-corrected chi connectivity index (χ0v) is 9.35. The highest BCUT2D eigenvalue weighted by atomic mass is 35.5. The zero-order valence-electron chi connectivity index (χ0n) is 8.60. The van der Waals surface area contributed by atoms with Gasteiger partial charge in [-0.1, -0.05) is 23.7 Å². The van der Waals surface area contributed by atoms with E-state index in [0.29, 0.717) is 11.6 Å². The first-order valence-electron chi connectivity index (χ1n) is 4.99. The van der Waals surface area contributed by atoms with Crippen molar-refractivity contribution in [3.63, 3.8) is 0 Å². The first-order chi connectivity index (χ1) is 7.70. The largest absolute Gasteiger partial charge is 0.447 e. The summed E-state index contributed by atoms with van der Waals surface area (Å²) >= 11 is 5.77. The number of hydrogen-bond donors (Lipinski definition) is 1. The molecular weight excluding hydrogens is 230 g/mol. The van der Waals surface area contributed by atoms with Gasteiger partial charge in [0, 0.05) is 11.6 Å². The summed E-state index contributed by atoms with van der Waals surface area (Å²) in [5.41, 5.74) is 0.960. The van der Waals surface area contributed by atoms with Crippen LogP contribution in [0.25, 0.3) is 0 Å². The van der Waals surface area contributed by atoms with Crippen molar-refractivity contribution in [1.82, 2.24) is 4.90 Å². The maximum absolute atomic E-state index is 11.4. The molecule has 1 amide bonds. The molecule has 1 aromatic carbocycles. The van der Waals surface area contributed by atoms with Crippen LogP contribution < -0.4 is 0 Å². The molecule has 2 rings (SSSR count). The second-order valence-corrected chi connectivity index (χ2v) is 4.10. The number of carbonyl (C=O) groups is 1. The predicted molar refractivity (Wildman–Crippen MR) is 59.2 cm³/mol. The van der Waals surface area contributed by atoms with Crippen molar-refractivity contribution in [3.05, 3.63) is 34.9 Å². The lowest BCUT2D eigenvalue weighted by Gasteiger charge is -2.19. The first kappa shape index (κ1) is 11.2. The molecule has 1 aliphatic rings. The Labute approximate surface area is 98.4 Å². The van der Waals surface area contributed by atoms with Crippen LogP contribution in [0.15, 0.2) is 24.3 Å². The summed E-state index contributed by atoms with van der Waals surface area (Å²) in [6.45, 7) is 0.601. The number of carbonyl (C=O) groups excluding carboxylic acids is 1. The van der Waals surface area contributed by atoms with Crippen molar-refractivity contribution in [2.24, 2.45) is 0 Å². The van der Waals surface area contributed by atoms with Gasteiger partial charge in [-0.15, -0.1) is 0 Å². The van der Waals surface area contributed by atoms with Crippen LogP contribution in [0.1, 0.15) is 5.56 Å². The second-order valence-electron chi connectivity index (χ2n) is 3.67. The summed E-state index contributed by atoms with van der Waals surface area (Å²) in [6.07, 6.45) is -0.381. The Morgan fingerprint density at radius 2 is 2.12 bits per heavy atom. The number of ether oxygens (including phenoxy) is 1. The Hall–Kier alpha value is -1.26. The summed E-state index contributed by atoms with van der Waals surface area (Å²) in [4.78, 5) is 12.9. The molecule has 1 saturated heterocycles. The van der Waals surface area contributed by atoms with Gasteiger partial charge in [0.25, 0.3) is 0 Å². The average molecular weight is 242 g/mol. The molecule has 1 aliphatic heterocycles. The standard InChI is InChI=1S/C11H12ClNO3/c12-9-3-1-8(2-4-9)5-13-10(6-14)7-16-11(13)15/h1-4,10,14H,5-7H2. The average Bonchev–Trinajstić information content (AvgIpc) is 2.63. The number of rotatable bonds is 3. The molecule has 0 bridgehead atoms. The zero-order chi connectivity index (χ0) is 11.5. The van der Waals surface area contributed by atoms with Crippen LogP contribution in [0.2, 0.25) is 5.02 Å². The van der Waals surface area contributed by atoms with E-state index in [9.17, 15) is 4.79 Å². The lowest BCUT2D eigenvalue weighted by molar-refractivity contribution is 0.151. The van der Waals surface area contributed by atoms with Gasteiger partial charge >= 0.3 is 6.09 Å². The third kappa shape index (κ3) is 2.28. The highest BCUT2D eigenvalue weighted by molar-refractivity contribution is 6.30. The molecule has 0 saturated carbocycles. The quantitative estimate of drug-likeness (QED) is 0.876. The van der Waals surface area contributed by atoms with E-state index >= 15 is 0 Å². The van der Waals surface area contributed by atoms with Crippen molar-refractivity contribution in [1.29, 1.82) is 0 Å². The lowest BCUT2D eigenvalue weighted by atomic mass is 10.2. The van der Waals surface area contributed by atoms with Crippen LogP contribution in [0, 0.1) is 0 Å². The van der Waals surface area contributed by atoms with E-state index in [1.807, 2.05) is 12.1 Å². The minimum atomic E-state index is -0.381. The molecule has 1 heterocycles. The number of hydrogen-bond acceptors (Lipinski definition) is 3. The van der Waals surface area contributed by atoms with E-state index in [0.717, 1.165) is 5.56 Å². The molecule has 4 nitrogen and oxygen atoms in total. The third-order valence-corrected chi connectivity index (χ3v) is 2.80. The van der Waals surface area contributed by atoms with Crippen molar-refractivity contribution in [2.45, 2.75) is 12.6 Å². The molecule has 0 aromatic heterocycles. The third-order valence-electron chi connectivity index (χ3n) is 2.55. The Balaban J connectivity index is 2.08. The number of nitrogens with zero attached hydrogens (tertiary/aromatic N) is 1. The van der Waals surface area contributed by atoms with E-state index in [1.165, 1.54) is 4.90 Å². The van der Waals surface area contributed by atoms with Gasteiger partial charge in [0.2, 0.25) is 0 Å². The first-order valence-corrected chi connectivity index (χ1v) is 5.37. The highest BCUT2D eigenvalue weighted by Gasteiger charge is 2.32. The van der Waals surface area contributed by atoms with Gasteiger partial charge in [-0.05, 0) is 17.7 Å². The minimum Gasteiger partial charge on any atom is -0.447 e. The summed E-state index contributed by atoms with van der Waals surface area (Å²) in [5.74, 6) is 0. The number of amides is 1. The van der Waals surface area contributed by atoms with Crippen LogP contribution >= 0.6 is 11.6 Å². The van der Waals surface area contributed by atoms with E-state index in [1.54, 1.807) is 12.1 Å². The van der Waals surface area contributed by atoms with Crippen LogP contribution in [0.4, 0.5) is 4.79 Å². The molecule has 1 aromatic rings. The highest BCUT2D eigenvalue weighted by Crippen LogP contribution is 2.17. The Bertz CT molecular complexity index is 379. The van der Waals surface area contributed by atoms with Gasteiger partial charge in [0.05, 0.1) is 12.6 Å². The van der Waals surface area contributed by atoms with Gasteiger partial charge < -0.3 is 9.84 Å². The molecule has 0 spiro atoms. The molecule has 1 atom stereocenters. The molecule has 0 radical (unpaired) electrons. The molecule has 1 unspecified atom stereocenters. The maximum Gasteiger partial charge on any atom is 0.410 e. The second kappa shape index (κ2) is 4.72. The minimum absolute atomic E-state index is 0.0840. The Morgan fingerprint density at radius 3 is 2.75 bits per heavy atom. The van der Waals surface area contributed by atoms with Gasteiger partial charge in [-0.3, -0.25) is 4.90 Å². The molecule has 0 aliphatic carbocycles. The topological polar surface area (TPSA) is 49.8 Å². The van der Waals surface area contributed by atoms with Crippen molar-refractivity contribution < 1.29 is 14.6 Å². The molecular formula is C11H12ClNO3. The lowest BCUT2D eigenvalue weighted by Crippen LogP contribution is -2.35. The fourth-order valence-electron chi connectivity index (χ4n) is 1.62. The number of cyclic esters (lactones) is 1. The molecule has 86 valence electrons. The van der Waals surface area contributed by atoms with E-state index in [-0.39, 0.29) is 25.3 Å². The number of aliphatic hydroxyl groups is 1. The number of benzene rings is 1. The smallest absolute Gasteiger partial charge is 0.410 e. The fraction of sp³-hybridized carbons (Fsp3) is 0.364. The molecule has 1 N–H and O–H groups in total. The van der Waals surface area contributed by atoms with Gasteiger partial charge in [0.15, 0.2) is 0 Å². The van der Waals surface area contributed by atoms with Crippen molar-refractivity contribution >= 4 is 17.7 Å². The van der Waals surface area contributed by atoms with Crippen LogP contribution in [-0.2, 0) is 11.3 Å². The number of aliphatic hydroxyl groups excluding tert-OH is 1. The molecule has 1 fully saturated rings. The van der Waals surface area contributed by atoms with E-state index < -0.39 is 0 Å². The van der Waals surface area contributed by atoms with Crippen molar-refractivity contribution in [2.75, 3.05) is 13.2 Å². The monoisotopic (exact) mass is 241 g/mol. The predicted octanol–water partition coefficient (Wildman–Crippen LogP) is 1.65. The molecule has 16 heavy (non-hydrogen) atoms. The summed E-state index contributed by atoms with van der Waals surface area (Å²) in [5, 5.41) is 9.74. The Kier molecular flexibility index (Phi) is 3.31. The summed E-state index contributed by atoms with van der Waals surface area (Å²) in [7, 11) is 0. The molecule has 5 heteroatoms. The Morgan fingerprint density at radius 1 is 1.44 bits per heavy atom. The van der Waals surface area contributed by atoms with E-state index in [4.69, 9.17) is 21.4 Å². The van der Waals surface area contributed by atoms with Gasteiger partial charge in [-0.2, -0.15) is 0 Å².